The Balaban J connectivity index is 3.72. The second-order valence-corrected chi connectivity index (χ2v) is 3.25. The Morgan fingerprint density at radius 2 is 2.31 bits per heavy atom. The monoisotopic (exact) mass is 181 g/mol. The summed E-state index contributed by atoms with van der Waals surface area (Å²) in [5, 5.41) is 0. The molecule has 1 atom stereocenters. The number of terminal acetylenes is 1. The van der Waals surface area contributed by atoms with Crippen LogP contribution in [0.5, 0.6) is 0 Å². The zero-order valence-corrected chi connectivity index (χ0v) is 8.38. The standard InChI is InChI=1S/C11H19NO/c1-3-5-6-8-11(13)10(9-12)7-4-2/h1,10H,4-9,12H2,2H3. The van der Waals surface area contributed by atoms with Gasteiger partial charge in [0.2, 0.25) is 0 Å². The lowest BCUT2D eigenvalue weighted by atomic mass is 9.95. The third-order valence-electron chi connectivity index (χ3n) is 2.12. The number of carbonyl (C=O) groups is 1. The SMILES string of the molecule is C#CCCCC(=O)C(CN)CCC. The highest BCUT2D eigenvalue weighted by atomic mass is 16.1. The van der Waals surface area contributed by atoms with Gasteiger partial charge in [0.1, 0.15) is 5.78 Å². The van der Waals surface area contributed by atoms with Crippen molar-refractivity contribution in [2.75, 3.05) is 6.54 Å². The summed E-state index contributed by atoms with van der Waals surface area (Å²) >= 11 is 0. The number of carbonyl (C=O) groups excluding carboxylic acids is 1. The molecule has 1 unspecified atom stereocenters. The molecule has 0 aromatic rings. The van der Waals surface area contributed by atoms with Gasteiger partial charge < -0.3 is 5.73 Å². The van der Waals surface area contributed by atoms with E-state index in [1.54, 1.807) is 0 Å². The van der Waals surface area contributed by atoms with Crippen molar-refractivity contribution in [1.82, 2.24) is 0 Å². The second kappa shape index (κ2) is 7.82. The highest BCUT2D eigenvalue weighted by Gasteiger charge is 2.14. The van der Waals surface area contributed by atoms with Crippen LogP contribution < -0.4 is 5.73 Å². The van der Waals surface area contributed by atoms with Crippen LogP contribution in [0.2, 0.25) is 0 Å². The fourth-order valence-electron chi connectivity index (χ4n) is 1.33. The first-order chi connectivity index (χ1) is 6.26. The smallest absolute Gasteiger partial charge is 0.137 e. The predicted octanol–water partition coefficient (Wildman–Crippen LogP) is 1.73. The molecule has 0 aliphatic carbocycles. The lowest BCUT2D eigenvalue weighted by molar-refractivity contribution is -0.122. The molecule has 13 heavy (non-hydrogen) atoms. The predicted molar refractivity (Wildman–Crippen MR) is 55.1 cm³/mol. The lowest BCUT2D eigenvalue weighted by Gasteiger charge is -2.11. The Morgan fingerprint density at radius 3 is 2.77 bits per heavy atom. The topological polar surface area (TPSA) is 43.1 Å². The second-order valence-electron chi connectivity index (χ2n) is 3.25. The van der Waals surface area contributed by atoms with Crippen LogP contribution in [0.25, 0.3) is 0 Å². The van der Waals surface area contributed by atoms with Gasteiger partial charge in [0.25, 0.3) is 0 Å². The Morgan fingerprint density at radius 1 is 1.62 bits per heavy atom. The lowest BCUT2D eigenvalue weighted by Crippen LogP contribution is -2.23. The average molecular weight is 181 g/mol. The van der Waals surface area contributed by atoms with Crippen molar-refractivity contribution in [3.05, 3.63) is 0 Å². The highest BCUT2D eigenvalue weighted by molar-refractivity contribution is 5.81. The Bertz CT molecular complexity index is 181. The molecule has 0 heterocycles. The molecule has 0 aromatic heterocycles. The van der Waals surface area contributed by atoms with Crippen LogP contribution in [-0.4, -0.2) is 12.3 Å². The zero-order chi connectivity index (χ0) is 10.1. The van der Waals surface area contributed by atoms with Gasteiger partial charge in [-0.1, -0.05) is 13.3 Å². The minimum atomic E-state index is 0.0581. The van der Waals surface area contributed by atoms with Crippen LogP contribution in [0, 0.1) is 18.3 Å². The number of rotatable bonds is 7. The molecule has 0 fully saturated rings. The summed E-state index contributed by atoms with van der Waals surface area (Å²) < 4.78 is 0. The van der Waals surface area contributed by atoms with E-state index in [0.717, 1.165) is 19.3 Å². The van der Waals surface area contributed by atoms with E-state index in [9.17, 15) is 4.79 Å². The minimum absolute atomic E-state index is 0.0581. The summed E-state index contributed by atoms with van der Waals surface area (Å²) in [4.78, 5) is 11.5. The van der Waals surface area contributed by atoms with Crippen LogP contribution in [-0.2, 0) is 4.79 Å². The van der Waals surface area contributed by atoms with Gasteiger partial charge in [-0.25, -0.2) is 0 Å². The van der Waals surface area contributed by atoms with E-state index in [4.69, 9.17) is 12.2 Å². The zero-order valence-electron chi connectivity index (χ0n) is 8.38. The Labute approximate surface area is 80.9 Å². The maximum atomic E-state index is 11.5. The molecule has 0 rings (SSSR count). The summed E-state index contributed by atoms with van der Waals surface area (Å²) in [5.41, 5.74) is 5.50. The van der Waals surface area contributed by atoms with E-state index >= 15 is 0 Å². The maximum absolute atomic E-state index is 11.5. The van der Waals surface area contributed by atoms with E-state index < -0.39 is 0 Å². The Kier molecular flexibility index (Phi) is 7.33. The molecule has 0 amide bonds. The quantitative estimate of drug-likeness (QED) is 0.480. The van der Waals surface area contributed by atoms with Crippen LogP contribution in [0.3, 0.4) is 0 Å². The molecule has 0 aliphatic rings. The first-order valence-corrected chi connectivity index (χ1v) is 4.92. The van der Waals surface area contributed by atoms with Gasteiger partial charge in [0.05, 0.1) is 0 Å². The number of Topliss-reactive ketones (excluding diaryl/α,β-unsaturated/α-hetero) is 1. The molecule has 0 saturated carbocycles. The van der Waals surface area contributed by atoms with Crippen molar-refractivity contribution >= 4 is 5.78 Å². The largest absolute Gasteiger partial charge is 0.330 e. The van der Waals surface area contributed by atoms with Crippen LogP contribution in [0.1, 0.15) is 39.0 Å². The summed E-state index contributed by atoms with van der Waals surface area (Å²) in [6.45, 7) is 2.54. The molecule has 0 radical (unpaired) electrons. The summed E-state index contributed by atoms with van der Waals surface area (Å²) in [7, 11) is 0. The fourth-order valence-corrected chi connectivity index (χ4v) is 1.33. The molecule has 2 N–H and O–H groups in total. The number of ketones is 1. The highest BCUT2D eigenvalue weighted by Crippen LogP contribution is 2.10. The van der Waals surface area contributed by atoms with Gasteiger partial charge in [0.15, 0.2) is 0 Å². The van der Waals surface area contributed by atoms with Crippen LogP contribution in [0.4, 0.5) is 0 Å². The number of nitrogens with two attached hydrogens (primary N) is 1. The number of hydrogen-bond acceptors (Lipinski definition) is 2. The summed E-state index contributed by atoms with van der Waals surface area (Å²) in [6.07, 6.45) is 9.10. The average Bonchev–Trinajstić information content (AvgIpc) is 2.14. The van der Waals surface area contributed by atoms with Crippen LogP contribution >= 0.6 is 0 Å². The van der Waals surface area contributed by atoms with Gasteiger partial charge in [-0.05, 0) is 12.8 Å². The van der Waals surface area contributed by atoms with Gasteiger partial charge in [-0.3, -0.25) is 4.79 Å². The molecule has 74 valence electrons. The summed E-state index contributed by atoms with van der Waals surface area (Å²) in [6, 6.07) is 0. The molecule has 0 spiro atoms. The van der Waals surface area contributed by atoms with Gasteiger partial charge >= 0.3 is 0 Å². The summed E-state index contributed by atoms with van der Waals surface area (Å²) in [5.74, 6) is 2.86. The van der Waals surface area contributed by atoms with Gasteiger partial charge in [0, 0.05) is 25.3 Å². The Hall–Kier alpha value is -0.810. The van der Waals surface area contributed by atoms with Crippen molar-refractivity contribution < 1.29 is 4.79 Å². The normalized spacial score (nSPS) is 12.1. The first-order valence-electron chi connectivity index (χ1n) is 4.92. The molecule has 0 aliphatic heterocycles. The van der Waals surface area contributed by atoms with Crippen molar-refractivity contribution in [1.29, 1.82) is 0 Å². The third-order valence-corrected chi connectivity index (χ3v) is 2.12. The number of unbranched alkanes of at least 4 members (excludes halogenated alkanes) is 1. The van der Waals surface area contributed by atoms with Crippen molar-refractivity contribution in [2.45, 2.75) is 39.0 Å². The van der Waals surface area contributed by atoms with Crippen molar-refractivity contribution in [3.8, 4) is 12.3 Å². The number of hydrogen-bond donors (Lipinski definition) is 1. The maximum Gasteiger partial charge on any atom is 0.137 e. The minimum Gasteiger partial charge on any atom is -0.330 e. The molecular weight excluding hydrogens is 162 g/mol. The molecular formula is C11H19NO. The van der Waals surface area contributed by atoms with Gasteiger partial charge in [-0.15, -0.1) is 12.3 Å². The van der Waals surface area contributed by atoms with Crippen molar-refractivity contribution in [3.63, 3.8) is 0 Å². The van der Waals surface area contributed by atoms with E-state index in [0.29, 0.717) is 19.4 Å². The molecule has 2 heteroatoms. The van der Waals surface area contributed by atoms with E-state index in [1.807, 2.05) is 0 Å². The van der Waals surface area contributed by atoms with Crippen molar-refractivity contribution in [2.24, 2.45) is 11.7 Å². The fraction of sp³-hybridized carbons (Fsp3) is 0.727. The van der Waals surface area contributed by atoms with E-state index in [2.05, 4.69) is 12.8 Å². The van der Waals surface area contributed by atoms with E-state index in [-0.39, 0.29) is 11.7 Å². The van der Waals surface area contributed by atoms with Gasteiger partial charge in [-0.2, -0.15) is 0 Å². The first kappa shape index (κ1) is 12.2. The molecule has 0 aromatic carbocycles. The molecule has 0 saturated heterocycles. The third kappa shape index (κ3) is 5.43. The van der Waals surface area contributed by atoms with E-state index in [1.165, 1.54) is 0 Å². The van der Waals surface area contributed by atoms with Crippen LogP contribution in [0.15, 0.2) is 0 Å². The molecule has 0 bridgehead atoms. The molecule has 2 nitrogen and oxygen atoms in total.